The van der Waals surface area contributed by atoms with Crippen LogP contribution in [0.4, 0.5) is 8.78 Å². The van der Waals surface area contributed by atoms with Crippen LogP contribution in [0.3, 0.4) is 0 Å². The number of thioether (sulfide) groups is 1. The molecule has 3 rings (SSSR count). The maximum Gasteiger partial charge on any atom is 0.237 e. The third-order valence-electron chi connectivity index (χ3n) is 4.94. The van der Waals surface area contributed by atoms with E-state index in [0.717, 1.165) is 17.8 Å². The molecule has 1 aromatic carbocycles. The smallest absolute Gasteiger partial charge is 0.237 e. The number of amides is 1. The van der Waals surface area contributed by atoms with Crippen molar-refractivity contribution in [3.8, 4) is 0 Å². The lowest BCUT2D eigenvalue weighted by Gasteiger charge is -2.24. The average Bonchev–Trinajstić information content (AvgIpc) is 3.24. The van der Waals surface area contributed by atoms with E-state index >= 15 is 0 Å². The fourth-order valence-corrected chi connectivity index (χ4v) is 4.59. The minimum Gasteiger partial charge on any atom is -0.353 e. The molecule has 1 N–H and O–H groups in total. The van der Waals surface area contributed by atoms with Gasteiger partial charge in [-0.2, -0.15) is 0 Å². The number of nitrogens with one attached hydrogen (secondary N) is 1. The molecule has 9 heteroatoms. The molecule has 1 aromatic heterocycles. The van der Waals surface area contributed by atoms with E-state index in [9.17, 15) is 13.6 Å². The molecule has 0 unspecified atom stereocenters. The van der Waals surface area contributed by atoms with Crippen LogP contribution in [0.5, 0.6) is 0 Å². The summed E-state index contributed by atoms with van der Waals surface area (Å²) in [6.07, 6.45) is 4.32. The van der Waals surface area contributed by atoms with Gasteiger partial charge >= 0.3 is 0 Å². The van der Waals surface area contributed by atoms with Gasteiger partial charge in [0.05, 0.1) is 6.04 Å². The van der Waals surface area contributed by atoms with Crippen LogP contribution in [-0.4, -0.2) is 70.3 Å². The van der Waals surface area contributed by atoms with Gasteiger partial charge in [0, 0.05) is 50.9 Å². The number of hydrogen-bond donors (Lipinski definition) is 1. The normalized spacial score (nSPS) is 19.8. The first-order valence-corrected chi connectivity index (χ1v) is 10.5. The van der Waals surface area contributed by atoms with E-state index in [1.807, 2.05) is 41.7 Å². The summed E-state index contributed by atoms with van der Waals surface area (Å²) in [5.41, 5.74) is 0.651. The highest BCUT2D eigenvalue weighted by molar-refractivity contribution is 7.99. The first kappa shape index (κ1) is 21.7. The Morgan fingerprint density at radius 2 is 2.14 bits per heavy atom. The number of likely N-dealkylation sites (tertiary alicyclic amines) is 1. The molecule has 2 atom stereocenters. The molecule has 0 aliphatic carbocycles. The summed E-state index contributed by atoms with van der Waals surface area (Å²) >= 11 is 1.64. The zero-order valence-corrected chi connectivity index (χ0v) is 17.8. The monoisotopic (exact) mass is 423 g/mol. The van der Waals surface area contributed by atoms with Crippen molar-refractivity contribution in [3.05, 3.63) is 47.8 Å². The van der Waals surface area contributed by atoms with E-state index in [4.69, 9.17) is 0 Å². The van der Waals surface area contributed by atoms with Crippen molar-refractivity contribution in [1.29, 1.82) is 0 Å². The molecule has 0 saturated carbocycles. The van der Waals surface area contributed by atoms with Crippen molar-refractivity contribution in [3.63, 3.8) is 0 Å². The number of rotatable bonds is 8. The van der Waals surface area contributed by atoms with Crippen LogP contribution in [0.15, 0.2) is 35.7 Å². The number of carbonyl (C=O) groups excluding carboxylic acids is 1. The number of aromatic nitrogens is 2. The number of carbonyl (C=O) groups is 1. The lowest BCUT2D eigenvalue weighted by molar-refractivity contribution is -0.125. The second-order valence-corrected chi connectivity index (χ2v) is 8.85. The maximum absolute atomic E-state index is 13.6. The van der Waals surface area contributed by atoms with Crippen molar-refractivity contribution in [1.82, 2.24) is 24.7 Å². The van der Waals surface area contributed by atoms with Gasteiger partial charge in [-0.25, -0.2) is 13.8 Å². The van der Waals surface area contributed by atoms with Crippen molar-refractivity contribution >= 4 is 17.7 Å². The molecule has 29 heavy (non-hydrogen) atoms. The van der Waals surface area contributed by atoms with E-state index in [1.165, 1.54) is 6.07 Å². The number of benzene rings is 1. The molecule has 6 nitrogen and oxygen atoms in total. The number of imidazole rings is 1. The molecule has 0 bridgehead atoms. The van der Waals surface area contributed by atoms with Gasteiger partial charge in [-0.3, -0.25) is 9.69 Å². The Balaban J connectivity index is 1.70. The molecule has 1 saturated heterocycles. The van der Waals surface area contributed by atoms with Crippen molar-refractivity contribution in [2.75, 3.05) is 33.7 Å². The third-order valence-corrected chi connectivity index (χ3v) is 6.22. The van der Waals surface area contributed by atoms with Crippen LogP contribution >= 0.6 is 11.8 Å². The van der Waals surface area contributed by atoms with Gasteiger partial charge in [-0.05, 0) is 38.2 Å². The number of halogens is 2. The lowest BCUT2D eigenvalue weighted by Crippen LogP contribution is -2.44. The molecule has 0 radical (unpaired) electrons. The van der Waals surface area contributed by atoms with Crippen LogP contribution < -0.4 is 5.32 Å². The predicted molar refractivity (Wildman–Crippen MR) is 110 cm³/mol. The van der Waals surface area contributed by atoms with Gasteiger partial charge in [-0.1, -0.05) is 17.8 Å². The Morgan fingerprint density at radius 3 is 2.79 bits per heavy atom. The van der Waals surface area contributed by atoms with Gasteiger partial charge in [-0.15, -0.1) is 0 Å². The number of nitrogens with zero attached hydrogens (tertiary/aromatic N) is 4. The topological polar surface area (TPSA) is 53.4 Å². The number of likely N-dealkylation sites (N-methyl/N-ethyl adjacent to an activating group) is 1. The molecular formula is C20H27F2N5OS. The predicted octanol–water partition coefficient (Wildman–Crippen LogP) is 2.11. The number of aryl methyl sites for hydroxylation is 1. The van der Waals surface area contributed by atoms with Crippen LogP contribution in [0.2, 0.25) is 0 Å². The van der Waals surface area contributed by atoms with Crippen molar-refractivity contribution in [2.45, 2.75) is 29.4 Å². The van der Waals surface area contributed by atoms with Gasteiger partial charge < -0.3 is 14.8 Å². The molecule has 2 aromatic rings. The maximum atomic E-state index is 13.6. The fraction of sp³-hybridized carbons (Fsp3) is 0.500. The Hall–Kier alpha value is -1.97. The van der Waals surface area contributed by atoms with E-state index in [1.54, 1.807) is 24.0 Å². The van der Waals surface area contributed by atoms with Crippen LogP contribution in [0.25, 0.3) is 0 Å². The molecular weight excluding hydrogens is 396 g/mol. The highest BCUT2D eigenvalue weighted by Crippen LogP contribution is 2.33. The van der Waals surface area contributed by atoms with Gasteiger partial charge in [0.1, 0.15) is 0 Å². The molecule has 1 fully saturated rings. The highest BCUT2D eigenvalue weighted by atomic mass is 32.2. The Bertz CT molecular complexity index is 844. The van der Waals surface area contributed by atoms with E-state index in [0.29, 0.717) is 31.6 Å². The fourth-order valence-electron chi connectivity index (χ4n) is 3.40. The van der Waals surface area contributed by atoms with Gasteiger partial charge in [0.2, 0.25) is 5.91 Å². The van der Waals surface area contributed by atoms with E-state index in [-0.39, 0.29) is 17.2 Å². The quantitative estimate of drug-likeness (QED) is 0.705. The SMILES string of the molecule is CN(C)CCNC(=O)[C@@H]1C[C@@H](Sc2nccn2C)CN1Cc1ccc(F)c(F)c1. The Morgan fingerprint density at radius 1 is 1.34 bits per heavy atom. The van der Waals surface area contributed by atoms with E-state index < -0.39 is 11.6 Å². The molecule has 1 aliphatic heterocycles. The molecule has 158 valence electrons. The second kappa shape index (κ2) is 9.69. The lowest BCUT2D eigenvalue weighted by atomic mass is 10.1. The molecule has 0 spiro atoms. The second-order valence-electron chi connectivity index (χ2n) is 7.58. The van der Waals surface area contributed by atoms with Crippen LogP contribution in [0.1, 0.15) is 12.0 Å². The molecule has 2 heterocycles. The van der Waals surface area contributed by atoms with Crippen LogP contribution in [0, 0.1) is 11.6 Å². The summed E-state index contributed by atoms with van der Waals surface area (Å²) in [7, 11) is 5.85. The molecule has 1 amide bonds. The zero-order valence-electron chi connectivity index (χ0n) is 16.9. The first-order chi connectivity index (χ1) is 13.8. The summed E-state index contributed by atoms with van der Waals surface area (Å²) in [6.45, 7) is 2.38. The largest absolute Gasteiger partial charge is 0.353 e. The summed E-state index contributed by atoms with van der Waals surface area (Å²) < 4.78 is 28.8. The third kappa shape index (κ3) is 5.77. The summed E-state index contributed by atoms with van der Waals surface area (Å²) in [6, 6.07) is 3.59. The summed E-state index contributed by atoms with van der Waals surface area (Å²) in [5, 5.41) is 4.08. The van der Waals surface area contributed by atoms with Gasteiger partial charge in [0.15, 0.2) is 16.8 Å². The standard InChI is InChI=1S/C20H27F2N5OS/c1-25(2)8-6-23-19(28)18-11-15(29-20-24-7-9-26(20)3)13-27(18)12-14-4-5-16(21)17(22)10-14/h4-5,7,9-10,15,18H,6,8,11-13H2,1-3H3,(H,23,28)/t15-,18+/m1/s1. The van der Waals surface area contributed by atoms with E-state index in [2.05, 4.69) is 10.3 Å². The summed E-state index contributed by atoms with van der Waals surface area (Å²) in [5.74, 6) is -1.76. The van der Waals surface area contributed by atoms with Crippen molar-refractivity contribution in [2.24, 2.45) is 7.05 Å². The summed E-state index contributed by atoms with van der Waals surface area (Å²) in [4.78, 5) is 21.2. The minimum absolute atomic E-state index is 0.0302. The van der Waals surface area contributed by atoms with Gasteiger partial charge in [0.25, 0.3) is 0 Å². The number of hydrogen-bond acceptors (Lipinski definition) is 5. The highest BCUT2D eigenvalue weighted by Gasteiger charge is 2.37. The zero-order chi connectivity index (χ0) is 21.0. The van der Waals surface area contributed by atoms with Crippen LogP contribution in [-0.2, 0) is 18.4 Å². The first-order valence-electron chi connectivity index (χ1n) is 9.58. The molecule has 1 aliphatic rings. The minimum atomic E-state index is -0.868. The average molecular weight is 424 g/mol. The van der Waals surface area contributed by atoms with Crippen molar-refractivity contribution < 1.29 is 13.6 Å². The Kier molecular flexibility index (Phi) is 7.26. The Labute approximate surface area is 174 Å².